The lowest BCUT2D eigenvalue weighted by atomic mass is 10.0. The molecule has 0 radical (unpaired) electrons. The first-order valence-corrected chi connectivity index (χ1v) is 6.90. The maximum atomic E-state index is 6.23. The predicted octanol–water partition coefficient (Wildman–Crippen LogP) is 2.31. The quantitative estimate of drug-likeness (QED) is 0.916. The Morgan fingerprint density at radius 3 is 2.89 bits per heavy atom. The summed E-state index contributed by atoms with van der Waals surface area (Å²) in [4.78, 5) is 4.24. The molecular weight excluding hydrogens is 308 g/mol. The van der Waals surface area contributed by atoms with E-state index in [4.69, 9.17) is 10.5 Å². The summed E-state index contributed by atoms with van der Waals surface area (Å²) in [7, 11) is 1.64. The molecule has 0 bridgehead atoms. The second kappa shape index (κ2) is 6.16. The van der Waals surface area contributed by atoms with Crippen molar-refractivity contribution in [3.05, 3.63) is 40.4 Å². The van der Waals surface area contributed by atoms with Crippen LogP contribution in [0.15, 0.2) is 29.0 Å². The number of nitrogens with zero attached hydrogens (tertiary/aromatic N) is 3. The van der Waals surface area contributed by atoms with Crippen molar-refractivity contribution in [1.82, 2.24) is 14.8 Å². The number of methoxy groups -OCH3 is 1. The number of hydrogen-bond donors (Lipinski definition) is 1. The molecule has 0 aliphatic heterocycles. The van der Waals surface area contributed by atoms with Crippen LogP contribution in [-0.2, 0) is 13.0 Å². The molecule has 1 atom stereocenters. The summed E-state index contributed by atoms with van der Waals surface area (Å²) in [6, 6.07) is 5.75. The van der Waals surface area contributed by atoms with Gasteiger partial charge in [-0.05, 0) is 40.5 Å². The fraction of sp³-hybridized carbons (Fsp3) is 0.385. The Kier molecular flexibility index (Phi) is 4.55. The molecule has 6 heteroatoms. The van der Waals surface area contributed by atoms with Crippen LogP contribution in [0.1, 0.15) is 24.4 Å². The van der Waals surface area contributed by atoms with Gasteiger partial charge in [0.1, 0.15) is 17.9 Å². The first-order valence-electron chi connectivity index (χ1n) is 6.11. The van der Waals surface area contributed by atoms with Crippen LogP contribution in [-0.4, -0.2) is 21.9 Å². The van der Waals surface area contributed by atoms with Crippen molar-refractivity contribution in [2.75, 3.05) is 7.11 Å². The smallest absolute Gasteiger partial charge is 0.138 e. The van der Waals surface area contributed by atoms with E-state index in [1.165, 1.54) is 0 Å². The Hall–Kier alpha value is -1.40. The van der Waals surface area contributed by atoms with Crippen LogP contribution in [0, 0.1) is 0 Å². The van der Waals surface area contributed by atoms with Gasteiger partial charge in [0.15, 0.2) is 0 Å². The van der Waals surface area contributed by atoms with Gasteiger partial charge in [-0.2, -0.15) is 5.10 Å². The first-order chi connectivity index (χ1) is 9.15. The summed E-state index contributed by atoms with van der Waals surface area (Å²) in [5.41, 5.74) is 7.27. The lowest BCUT2D eigenvalue weighted by Crippen LogP contribution is -2.17. The zero-order valence-corrected chi connectivity index (χ0v) is 12.6. The van der Waals surface area contributed by atoms with Gasteiger partial charge in [-0.25, -0.2) is 4.98 Å². The molecule has 0 fully saturated rings. The number of nitrogens with two attached hydrogens (primary N) is 1. The number of benzene rings is 1. The molecule has 2 rings (SSSR count). The van der Waals surface area contributed by atoms with Gasteiger partial charge in [-0.3, -0.25) is 4.68 Å². The molecule has 1 unspecified atom stereocenters. The van der Waals surface area contributed by atoms with Crippen molar-refractivity contribution in [3.8, 4) is 5.75 Å². The summed E-state index contributed by atoms with van der Waals surface area (Å²) in [5, 5.41) is 4.15. The van der Waals surface area contributed by atoms with E-state index in [1.54, 1.807) is 13.4 Å². The van der Waals surface area contributed by atoms with Crippen LogP contribution in [0.25, 0.3) is 0 Å². The normalized spacial score (nSPS) is 12.4. The Balaban J connectivity index is 2.16. The molecule has 0 saturated heterocycles. The highest BCUT2D eigenvalue weighted by Crippen LogP contribution is 2.28. The molecule has 0 saturated carbocycles. The molecule has 2 aromatic rings. The van der Waals surface area contributed by atoms with Gasteiger partial charge < -0.3 is 10.5 Å². The van der Waals surface area contributed by atoms with Crippen molar-refractivity contribution >= 4 is 15.9 Å². The standard InChI is InChI=1S/C13H17BrN4O/c1-3-18-13(16-8-17-18)7-11(15)9-4-5-12(19-2)10(14)6-9/h4-6,8,11H,3,7,15H2,1-2H3. The average Bonchev–Trinajstić information content (AvgIpc) is 2.85. The number of aromatic nitrogens is 3. The minimum absolute atomic E-state index is 0.114. The van der Waals surface area contributed by atoms with Crippen LogP contribution >= 0.6 is 15.9 Å². The van der Waals surface area contributed by atoms with E-state index < -0.39 is 0 Å². The van der Waals surface area contributed by atoms with Gasteiger partial charge in [0.25, 0.3) is 0 Å². The molecule has 0 amide bonds. The van der Waals surface area contributed by atoms with Crippen LogP contribution in [0.2, 0.25) is 0 Å². The Bertz CT molecular complexity index is 555. The SMILES string of the molecule is CCn1ncnc1CC(N)c1ccc(OC)c(Br)c1. The topological polar surface area (TPSA) is 66.0 Å². The minimum Gasteiger partial charge on any atom is -0.496 e. The van der Waals surface area contributed by atoms with E-state index in [9.17, 15) is 0 Å². The van der Waals surface area contributed by atoms with E-state index in [0.717, 1.165) is 28.2 Å². The third kappa shape index (κ3) is 3.13. The third-order valence-corrected chi connectivity index (χ3v) is 3.62. The van der Waals surface area contributed by atoms with Gasteiger partial charge in [-0.1, -0.05) is 6.07 Å². The molecule has 102 valence electrons. The monoisotopic (exact) mass is 324 g/mol. The summed E-state index contributed by atoms with van der Waals surface area (Å²) < 4.78 is 7.97. The number of halogens is 1. The molecule has 1 aromatic carbocycles. The summed E-state index contributed by atoms with van der Waals surface area (Å²) in [5.74, 6) is 1.70. The number of hydrogen-bond acceptors (Lipinski definition) is 4. The van der Waals surface area contributed by atoms with Gasteiger partial charge in [-0.15, -0.1) is 0 Å². The molecule has 1 aromatic heterocycles. The summed E-state index contributed by atoms with van der Waals surface area (Å²) >= 11 is 3.47. The Labute approximate surface area is 120 Å². The van der Waals surface area contributed by atoms with Crippen molar-refractivity contribution in [2.24, 2.45) is 5.73 Å². The Morgan fingerprint density at radius 1 is 1.47 bits per heavy atom. The van der Waals surface area contributed by atoms with Crippen LogP contribution < -0.4 is 10.5 Å². The van der Waals surface area contributed by atoms with Crippen LogP contribution in [0.5, 0.6) is 5.75 Å². The summed E-state index contributed by atoms with van der Waals surface area (Å²) in [6.07, 6.45) is 2.22. The first kappa shape index (κ1) is 14.0. The highest BCUT2D eigenvalue weighted by molar-refractivity contribution is 9.10. The Morgan fingerprint density at radius 2 is 2.26 bits per heavy atom. The van der Waals surface area contributed by atoms with E-state index in [-0.39, 0.29) is 6.04 Å². The molecule has 0 aliphatic carbocycles. The van der Waals surface area contributed by atoms with Gasteiger partial charge in [0.05, 0.1) is 11.6 Å². The molecule has 19 heavy (non-hydrogen) atoms. The van der Waals surface area contributed by atoms with E-state index >= 15 is 0 Å². The van der Waals surface area contributed by atoms with E-state index in [2.05, 4.69) is 26.0 Å². The van der Waals surface area contributed by atoms with Crippen molar-refractivity contribution < 1.29 is 4.74 Å². The second-order valence-electron chi connectivity index (χ2n) is 4.20. The molecule has 5 nitrogen and oxygen atoms in total. The van der Waals surface area contributed by atoms with Crippen molar-refractivity contribution in [3.63, 3.8) is 0 Å². The second-order valence-corrected chi connectivity index (χ2v) is 5.05. The molecule has 0 aliphatic rings. The fourth-order valence-electron chi connectivity index (χ4n) is 1.94. The predicted molar refractivity (Wildman–Crippen MR) is 77.0 cm³/mol. The minimum atomic E-state index is -0.114. The summed E-state index contributed by atoms with van der Waals surface area (Å²) in [6.45, 7) is 2.84. The largest absolute Gasteiger partial charge is 0.496 e. The molecule has 2 N–H and O–H groups in total. The molecular formula is C13H17BrN4O. The fourth-order valence-corrected chi connectivity index (χ4v) is 2.50. The lowest BCUT2D eigenvalue weighted by Gasteiger charge is -2.13. The van der Waals surface area contributed by atoms with Gasteiger partial charge in [0.2, 0.25) is 0 Å². The highest BCUT2D eigenvalue weighted by atomic mass is 79.9. The molecule has 0 spiro atoms. The molecule has 1 heterocycles. The van der Waals surface area contributed by atoms with Crippen molar-refractivity contribution in [1.29, 1.82) is 0 Å². The van der Waals surface area contributed by atoms with Crippen LogP contribution in [0.4, 0.5) is 0 Å². The maximum absolute atomic E-state index is 6.23. The number of rotatable bonds is 5. The van der Waals surface area contributed by atoms with Crippen molar-refractivity contribution in [2.45, 2.75) is 25.9 Å². The zero-order valence-electron chi connectivity index (χ0n) is 11.0. The van der Waals surface area contributed by atoms with Gasteiger partial charge >= 0.3 is 0 Å². The maximum Gasteiger partial charge on any atom is 0.138 e. The third-order valence-electron chi connectivity index (χ3n) is 3.00. The average molecular weight is 325 g/mol. The van der Waals surface area contributed by atoms with E-state index in [0.29, 0.717) is 6.42 Å². The van der Waals surface area contributed by atoms with E-state index in [1.807, 2.05) is 29.8 Å². The number of aryl methyl sites for hydroxylation is 1. The highest BCUT2D eigenvalue weighted by Gasteiger charge is 2.13. The zero-order chi connectivity index (χ0) is 13.8. The van der Waals surface area contributed by atoms with Crippen LogP contribution in [0.3, 0.4) is 0 Å². The van der Waals surface area contributed by atoms with Gasteiger partial charge in [0, 0.05) is 19.0 Å². The number of ether oxygens (including phenoxy) is 1. The lowest BCUT2D eigenvalue weighted by molar-refractivity contribution is 0.412.